The van der Waals surface area contributed by atoms with Crippen molar-refractivity contribution < 1.29 is 4.79 Å². The first-order chi connectivity index (χ1) is 9.25. The molecule has 0 radical (unpaired) electrons. The van der Waals surface area contributed by atoms with Crippen LogP contribution in [0, 0.1) is 0 Å². The predicted octanol–water partition coefficient (Wildman–Crippen LogP) is 3.66. The van der Waals surface area contributed by atoms with E-state index in [-0.39, 0.29) is 5.91 Å². The van der Waals surface area contributed by atoms with E-state index in [2.05, 4.69) is 5.32 Å². The quantitative estimate of drug-likeness (QED) is 0.616. The molecule has 0 spiro atoms. The second-order valence-corrected chi connectivity index (χ2v) is 6.42. The van der Waals surface area contributed by atoms with E-state index in [0.717, 1.165) is 23.1 Å². The zero-order valence-corrected chi connectivity index (χ0v) is 12.0. The maximum Gasteiger partial charge on any atom is 0.224 e. The summed E-state index contributed by atoms with van der Waals surface area (Å²) in [6.07, 6.45) is 7.00. The van der Waals surface area contributed by atoms with Crippen LogP contribution in [0.5, 0.6) is 0 Å². The van der Waals surface area contributed by atoms with Crippen molar-refractivity contribution in [2.45, 2.75) is 43.8 Å². The van der Waals surface area contributed by atoms with Crippen molar-refractivity contribution >= 4 is 29.0 Å². The summed E-state index contributed by atoms with van der Waals surface area (Å²) in [4.78, 5) is 11.8. The summed E-state index contributed by atoms with van der Waals surface area (Å²) in [6, 6.07) is 7.37. The first-order valence-electron chi connectivity index (χ1n) is 7.01. The minimum atomic E-state index is 0.0601. The highest BCUT2D eigenvalue weighted by atomic mass is 32.2. The average molecular weight is 278 g/mol. The van der Waals surface area contributed by atoms with Crippen LogP contribution in [0.4, 0.5) is 11.4 Å². The molecule has 104 valence electrons. The number of carbonyl (C=O) groups is 1. The Bertz CT molecular complexity index is 416. The average Bonchev–Trinajstić information content (AvgIpc) is 2.91. The molecule has 0 atom stereocenters. The smallest absolute Gasteiger partial charge is 0.224 e. The van der Waals surface area contributed by atoms with Gasteiger partial charge in [-0.2, -0.15) is 11.8 Å². The Balaban J connectivity index is 1.63. The molecule has 0 heterocycles. The Morgan fingerprint density at radius 1 is 1.32 bits per heavy atom. The lowest BCUT2D eigenvalue weighted by Crippen LogP contribution is -2.13. The number of carbonyl (C=O) groups excluding carboxylic acids is 1. The van der Waals surface area contributed by atoms with Crippen LogP contribution >= 0.6 is 11.8 Å². The molecular weight excluding hydrogens is 256 g/mol. The monoisotopic (exact) mass is 278 g/mol. The first kappa shape index (κ1) is 14.3. The number of nitrogen functional groups attached to an aromatic ring is 1. The standard InChI is InChI=1S/C15H22N2OS/c16-13-8-3-4-9-14(13)17-15(18)10-5-11-19-12-6-1-2-7-12/h3-4,8-9,12H,1-2,5-7,10-11,16H2,(H,17,18). The summed E-state index contributed by atoms with van der Waals surface area (Å²) in [6.45, 7) is 0. The SMILES string of the molecule is Nc1ccccc1NC(=O)CCCSC1CCCC1. The van der Waals surface area contributed by atoms with Gasteiger partial charge in [-0.3, -0.25) is 4.79 Å². The molecule has 1 amide bonds. The highest BCUT2D eigenvalue weighted by Crippen LogP contribution is 2.29. The molecule has 19 heavy (non-hydrogen) atoms. The summed E-state index contributed by atoms with van der Waals surface area (Å²) < 4.78 is 0. The van der Waals surface area contributed by atoms with E-state index >= 15 is 0 Å². The Morgan fingerprint density at radius 3 is 2.79 bits per heavy atom. The molecule has 1 aliphatic carbocycles. The van der Waals surface area contributed by atoms with Gasteiger partial charge in [0.1, 0.15) is 0 Å². The molecule has 2 rings (SSSR count). The van der Waals surface area contributed by atoms with E-state index in [1.165, 1.54) is 25.7 Å². The molecule has 0 aromatic heterocycles. The van der Waals surface area contributed by atoms with Crippen molar-refractivity contribution in [3.05, 3.63) is 24.3 Å². The maximum absolute atomic E-state index is 11.8. The number of amides is 1. The van der Waals surface area contributed by atoms with Crippen LogP contribution in [-0.4, -0.2) is 16.9 Å². The Kier molecular flexibility index (Phi) is 5.58. The van der Waals surface area contributed by atoms with Crippen molar-refractivity contribution in [1.82, 2.24) is 0 Å². The summed E-state index contributed by atoms with van der Waals surface area (Å²) in [7, 11) is 0. The molecule has 1 saturated carbocycles. The zero-order valence-electron chi connectivity index (χ0n) is 11.2. The molecular formula is C15H22N2OS. The van der Waals surface area contributed by atoms with Crippen LogP contribution in [0.15, 0.2) is 24.3 Å². The molecule has 1 aromatic carbocycles. The number of rotatable bonds is 6. The minimum absolute atomic E-state index is 0.0601. The number of hydrogen-bond donors (Lipinski definition) is 2. The fourth-order valence-corrected chi connectivity index (χ4v) is 3.67. The summed E-state index contributed by atoms with van der Waals surface area (Å²) in [5, 5.41) is 3.71. The van der Waals surface area contributed by atoms with Gasteiger partial charge in [0, 0.05) is 11.7 Å². The van der Waals surface area contributed by atoms with E-state index < -0.39 is 0 Å². The van der Waals surface area contributed by atoms with Gasteiger partial charge >= 0.3 is 0 Å². The number of anilines is 2. The summed E-state index contributed by atoms with van der Waals surface area (Å²) >= 11 is 2.03. The Hall–Kier alpha value is -1.16. The largest absolute Gasteiger partial charge is 0.397 e. The van der Waals surface area contributed by atoms with Crippen LogP contribution in [0.3, 0.4) is 0 Å². The van der Waals surface area contributed by atoms with Crippen LogP contribution < -0.4 is 11.1 Å². The third-order valence-electron chi connectivity index (χ3n) is 3.44. The molecule has 0 unspecified atom stereocenters. The van der Waals surface area contributed by atoms with E-state index in [0.29, 0.717) is 12.1 Å². The number of nitrogens with two attached hydrogens (primary N) is 1. The van der Waals surface area contributed by atoms with Gasteiger partial charge < -0.3 is 11.1 Å². The van der Waals surface area contributed by atoms with E-state index in [9.17, 15) is 4.79 Å². The fourth-order valence-electron chi connectivity index (χ4n) is 2.36. The first-order valence-corrected chi connectivity index (χ1v) is 8.06. The maximum atomic E-state index is 11.8. The third-order valence-corrected chi connectivity index (χ3v) is 4.91. The number of thioether (sulfide) groups is 1. The van der Waals surface area contributed by atoms with Gasteiger partial charge in [-0.25, -0.2) is 0 Å². The predicted molar refractivity (Wildman–Crippen MR) is 83.4 cm³/mol. The van der Waals surface area contributed by atoms with E-state index in [1.807, 2.05) is 30.0 Å². The highest BCUT2D eigenvalue weighted by molar-refractivity contribution is 7.99. The third kappa shape index (κ3) is 4.78. The molecule has 4 heteroatoms. The molecule has 1 aromatic rings. The van der Waals surface area contributed by atoms with Gasteiger partial charge in [0.15, 0.2) is 0 Å². The molecule has 0 bridgehead atoms. The lowest BCUT2D eigenvalue weighted by Gasteiger charge is -2.09. The van der Waals surface area contributed by atoms with Gasteiger partial charge in [0.2, 0.25) is 5.91 Å². The van der Waals surface area contributed by atoms with Crippen molar-refractivity contribution in [2.24, 2.45) is 0 Å². The molecule has 0 aliphatic heterocycles. The Labute approximate surface area is 119 Å². The van der Waals surface area contributed by atoms with Gasteiger partial charge in [-0.15, -0.1) is 0 Å². The fraction of sp³-hybridized carbons (Fsp3) is 0.533. The van der Waals surface area contributed by atoms with Gasteiger partial charge in [-0.05, 0) is 37.1 Å². The molecule has 1 aliphatic rings. The minimum Gasteiger partial charge on any atom is -0.397 e. The van der Waals surface area contributed by atoms with Crippen molar-refractivity contribution in [3.8, 4) is 0 Å². The van der Waals surface area contributed by atoms with Crippen LogP contribution in [0.1, 0.15) is 38.5 Å². The summed E-state index contributed by atoms with van der Waals surface area (Å²) in [5.41, 5.74) is 7.13. The topological polar surface area (TPSA) is 55.1 Å². The highest BCUT2D eigenvalue weighted by Gasteiger charge is 2.14. The number of para-hydroxylation sites is 2. The molecule has 1 fully saturated rings. The van der Waals surface area contributed by atoms with Crippen LogP contribution in [0.25, 0.3) is 0 Å². The molecule has 0 saturated heterocycles. The number of benzene rings is 1. The van der Waals surface area contributed by atoms with Crippen molar-refractivity contribution in [3.63, 3.8) is 0 Å². The van der Waals surface area contributed by atoms with Crippen LogP contribution in [-0.2, 0) is 4.79 Å². The second kappa shape index (κ2) is 7.43. The number of hydrogen-bond acceptors (Lipinski definition) is 3. The van der Waals surface area contributed by atoms with Crippen LogP contribution in [0.2, 0.25) is 0 Å². The summed E-state index contributed by atoms with van der Waals surface area (Å²) in [5.74, 6) is 1.15. The normalized spacial score (nSPS) is 15.6. The molecule has 3 nitrogen and oxygen atoms in total. The number of nitrogens with one attached hydrogen (secondary N) is 1. The van der Waals surface area contributed by atoms with E-state index in [4.69, 9.17) is 5.73 Å². The lowest BCUT2D eigenvalue weighted by atomic mass is 10.2. The van der Waals surface area contributed by atoms with Gasteiger partial charge in [0.05, 0.1) is 11.4 Å². The zero-order chi connectivity index (χ0) is 13.5. The van der Waals surface area contributed by atoms with Gasteiger partial charge in [0.25, 0.3) is 0 Å². The van der Waals surface area contributed by atoms with Crippen molar-refractivity contribution in [1.29, 1.82) is 0 Å². The lowest BCUT2D eigenvalue weighted by molar-refractivity contribution is -0.116. The Morgan fingerprint density at radius 2 is 2.05 bits per heavy atom. The second-order valence-electron chi connectivity index (χ2n) is 5.02. The van der Waals surface area contributed by atoms with E-state index in [1.54, 1.807) is 6.07 Å². The van der Waals surface area contributed by atoms with Gasteiger partial charge in [-0.1, -0.05) is 25.0 Å². The van der Waals surface area contributed by atoms with Crippen molar-refractivity contribution in [2.75, 3.05) is 16.8 Å². The molecule has 3 N–H and O–H groups in total.